The maximum absolute atomic E-state index is 12.5. The fourth-order valence-corrected chi connectivity index (χ4v) is 3.26. The molecule has 0 spiro atoms. The minimum Gasteiger partial charge on any atom is -0.480 e. The van der Waals surface area contributed by atoms with E-state index in [1.165, 1.54) is 0 Å². The quantitative estimate of drug-likeness (QED) is 0.848. The van der Waals surface area contributed by atoms with Crippen LogP contribution in [0.5, 0.6) is 0 Å². The predicted octanol–water partition coefficient (Wildman–Crippen LogP) is 2.39. The fourth-order valence-electron chi connectivity index (χ4n) is 3.00. The van der Waals surface area contributed by atoms with Crippen LogP contribution in [0, 0.1) is 0 Å². The summed E-state index contributed by atoms with van der Waals surface area (Å²) in [5.74, 6) is -0.659. The number of carbonyl (C=O) groups excluding carboxylic acids is 1. The Morgan fingerprint density at radius 1 is 1.26 bits per heavy atom. The zero-order valence-electron chi connectivity index (χ0n) is 13.4. The minimum atomic E-state index is -0.806. The van der Waals surface area contributed by atoms with Gasteiger partial charge in [-0.3, -0.25) is 14.5 Å². The van der Waals surface area contributed by atoms with Crippen molar-refractivity contribution in [2.75, 3.05) is 26.7 Å². The van der Waals surface area contributed by atoms with Gasteiger partial charge in [-0.1, -0.05) is 28.1 Å². The van der Waals surface area contributed by atoms with Gasteiger partial charge >= 0.3 is 5.97 Å². The van der Waals surface area contributed by atoms with Crippen LogP contribution in [0.15, 0.2) is 28.7 Å². The SMILES string of the molecule is CN(CC(=O)O)C1CCCN(C(=O)Cc2ccc(Br)cc2)CC1. The van der Waals surface area contributed by atoms with Crippen LogP contribution in [0.4, 0.5) is 0 Å². The fraction of sp³-hybridized carbons (Fsp3) is 0.529. The normalized spacial score (nSPS) is 18.7. The van der Waals surface area contributed by atoms with Crippen LogP contribution < -0.4 is 0 Å². The van der Waals surface area contributed by atoms with Crippen molar-refractivity contribution in [3.8, 4) is 0 Å². The lowest BCUT2D eigenvalue weighted by molar-refractivity contribution is -0.138. The van der Waals surface area contributed by atoms with Crippen LogP contribution in [0.3, 0.4) is 0 Å². The standard InChI is InChI=1S/C17H23BrN2O3/c1-19(12-17(22)23)15-3-2-9-20(10-8-15)16(21)11-13-4-6-14(18)7-5-13/h4-7,15H,2-3,8-12H2,1H3,(H,22,23). The van der Waals surface area contributed by atoms with Crippen molar-refractivity contribution >= 4 is 27.8 Å². The number of rotatable bonds is 5. The molecule has 1 N–H and O–H groups in total. The molecule has 1 aliphatic heterocycles. The third kappa shape index (κ3) is 5.62. The lowest BCUT2D eigenvalue weighted by atomic mass is 10.1. The number of hydrogen-bond acceptors (Lipinski definition) is 3. The van der Waals surface area contributed by atoms with E-state index in [9.17, 15) is 9.59 Å². The summed E-state index contributed by atoms with van der Waals surface area (Å²) in [4.78, 5) is 27.1. The van der Waals surface area contributed by atoms with Crippen LogP contribution >= 0.6 is 15.9 Å². The molecule has 1 atom stereocenters. The first-order chi connectivity index (χ1) is 11.0. The zero-order valence-corrected chi connectivity index (χ0v) is 15.0. The first-order valence-electron chi connectivity index (χ1n) is 7.90. The molecular weight excluding hydrogens is 360 g/mol. The Morgan fingerprint density at radius 2 is 1.96 bits per heavy atom. The number of likely N-dealkylation sites (N-methyl/N-ethyl adjacent to an activating group) is 1. The van der Waals surface area contributed by atoms with Crippen molar-refractivity contribution in [3.05, 3.63) is 34.3 Å². The second-order valence-electron chi connectivity index (χ2n) is 6.08. The highest BCUT2D eigenvalue weighted by Gasteiger charge is 2.23. The van der Waals surface area contributed by atoms with Gasteiger partial charge in [0, 0.05) is 23.6 Å². The molecule has 1 fully saturated rings. The highest BCUT2D eigenvalue weighted by molar-refractivity contribution is 9.10. The van der Waals surface area contributed by atoms with Gasteiger partial charge in [0.1, 0.15) is 0 Å². The minimum absolute atomic E-state index is 0.0531. The molecule has 0 radical (unpaired) electrons. The molecule has 6 heteroatoms. The summed E-state index contributed by atoms with van der Waals surface area (Å²) in [5, 5.41) is 8.90. The zero-order chi connectivity index (χ0) is 16.8. The Labute approximate surface area is 145 Å². The van der Waals surface area contributed by atoms with E-state index in [0.717, 1.165) is 35.8 Å². The first kappa shape index (κ1) is 17.9. The molecule has 0 bridgehead atoms. The number of amides is 1. The number of nitrogens with zero attached hydrogens (tertiary/aromatic N) is 2. The van der Waals surface area contributed by atoms with Crippen molar-refractivity contribution in [2.45, 2.75) is 31.7 Å². The van der Waals surface area contributed by atoms with Gasteiger partial charge in [0.05, 0.1) is 13.0 Å². The number of carboxylic acid groups (broad SMARTS) is 1. The summed E-state index contributed by atoms with van der Waals surface area (Å²) in [6.45, 7) is 1.51. The van der Waals surface area contributed by atoms with Crippen molar-refractivity contribution in [3.63, 3.8) is 0 Å². The van der Waals surface area contributed by atoms with Gasteiger partial charge in [-0.2, -0.15) is 0 Å². The molecule has 126 valence electrons. The molecular formula is C17H23BrN2O3. The molecule has 2 rings (SSSR count). The summed E-state index contributed by atoms with van der Waals surface area (Å²) < 4.78 is 1.01. The molecule has 0 saturated carbocycles. The molecule has 1 heterocycles. The number of carboxylic acids is 1. The number of carbonyl (C=O) groups is 2. The van der Waals surface area contributed by atoms with Crippen molar-refractivity contribution in [1.29, 1.82) is 0 Å². The van der Waals surface area contributed by atoms with Gasteiger partial charge < -0.3 is 10.0 Å². The molecule has 23 heavy (non-hydrogen) atoms. The van der Waals surface area contributed by atoms with Gasteiger partial charge in [-0.05, 0) is 44.0 Å². The maximum Gasteiger partial charge on any atom is 0.317 e. The number of hydrogen-bond donors (Lipinski definition) is 1. The van der Waals surface area contributed by atoms with E-state index in [1.807, 2.05) is 41.1 Å². The summed E-state index contributed by atoms with van der Waals surface area (Å²) in [6.07, 6.45) is 3.10. The Balaban J connectivity index is 1.88. The highest BCUT2D eigenvalue weighted by atomic mass is 79.9. The van der Waals surface area contributed by atoms with E-state index < -0.39 is 5.97 Å². The average Bonchev–Trinajstić information content (AvgIpc) is 2.75. The van der Waals surface area contributed by atoms with Crippen LogP contribution in [-0.2, 0) is 16.0 Å². The summed E-state index contributed by atoms with van der Waals surface area (Å²) in [6, 6.07) is 8.05. The monoisotopic (exact) mass is 382 g/mol. The van der Waals surface area contributed by atoms with Crippen LogP contribution in [0.2, 0.25) is 0 Å². The maximum atomic E-state index is 12.5. The largest absolute Gasteiger partial charge is 0.480 e. The molecule has 5 nitrogen and oxygen atoms in total. The lowest BCUT2D eigenvalue weighted by Gasteiger charge is -2.25. The molecule has 1 aromatic carbocycles. The molecule has 1 aliphatic rings. The Hall–Kier alpha value is -1.40. The molecule has 1 saturated heterocycles. The average molecular weight is 383 g/mol. The van der Waals surface area contributed by atoms with Gasteiger partial charge in [0.2, 0.25) is 5.91 Å². The third-order valence-corrected chi connectivity index (χ3v) is 4.86. The first-order valence-corrected chi connectivity index (χ1v) is 8.69. The van der Waals surface area contributed by atoms with Crippen LogP contribution in [0.25, 0.3) is 0 Å². The molecule has 1 aromatic rings. The van der Waals surface area contributed by atoms with E-state index in [-0.39, 0.29) is 18.5 Å². The van der Waals surface area contributed by atoms with Crippen LogP contribution in [0.1, 0.15) is 24.8 Å². The third-order valence-electron chi connectivity index (χ3n) is 4.33. The lowest BCUT2D eigenvalue weighted by Crippen LogP contribution is -2.37. The summed E-state index contributed by atoms with van der Waals surface area (Å²) in [7, 11) is 1.85. The van der Waals surface area contributed by atoms with Crippen molar-refractivity contribution in [1.82, 2.24) is 9.80 Å². The van der Waals surface area contributed by atoms with Crippen LogP contribution in [-0.4, -0.2) is 59.5 Å². The Kier molecular flexibility index (Phi) is 6.59. The number of aliphatic carboxylic acids is 1. The smallest absolute Gasteiger partial charge is 0.317 e. The van der Waals surface area contributed by atoms with E-state index in [1.54, 1.807) is 0 Å². The molecule has 0 aromatic heterocycles. The molecule has 1 amide bonds. The highest BCUT2D eigenvalue weighted by Crippen LogP contribution is 2.17. The van der Waals surface area contributed by atoms with Crippen molar-refractivity contribution < 1.29 is 14.7 Å². The summed E-state index contributed by atoms with van der Waals surface area (Å²) >= 11 is 3.39. The van der Waals surface area contributed by atoms with Crippen molar-refractivity contribution in [2.24, 2.45) is 0 Å². The second kappa shape index (κ2) is 8.45. The number of benzene rings is 1. The number of halogens is 1. The Morgan fingerprint density at radius 3 is 2.61 bits per heavy atom. The second-order valence-corrected chi connectivity index (χ2v) is 6.99. The van der Waals surface area contributed by atoms with E-state index in [2.05, 4.69) is 15.9 Å². The van der Waals surface area contributed by atoms with Gasteiger partial charge in [0.25, 0.3) is 0 Å². The Bertz CT molecular complexity index is 547. The van der Waals surface area contributed by atoms with Gasteiger partial charge in [0.15, 0.2) is 0 Å². The molecule has 0 aliphatic carbocycles. The van der Waals surface area contributed by atoms with Gasteiger partial charge in [-0.25, -0.2) is 0 Å². The molecule has 1 unspecified atom stereocenters. The summed E-state index contributed by atoms with van der Waals surface area (Å²) in [5.41, 5.74) is 1.02. The predicted molar refractivity (Wildman–Crippen MR) is 92.3 cm³/mol. The van der Waals surface area contributed by atoms with E-state index in [4.69, 9.17) is 5.11 Å². The van der Waals surface area contributed by atoms with Gasteiger partial charge in [-0.15, -0.1) is 0 Å². The number of likely N-dealkylation sites (tertiary alicyclic amines) is 1. The van der Waals surface area contributed by atoms with E-state index in [0.29, 0.717) is 13.0 Å². The van der Waals surface area contributed by atoms with E-state index >= 15 is 0 Å². The topological polar surface area (TPSA) is 60.9 Å².